The van der Waals surface area contributed by atoms with Crippen LogP contribution in [0.4, 0.5) is 8.78 Å². The maximum Gasteiger partial charge on any atom is 0.341 e. The topological polar surface area (TPSA) is 54.4 Å². The van der Waals surface area contributed by atoms with Crippen molar-refractivity contribution in [1.29, 1.82) is 0 Å². The summed E-state index contributed by atoms with van der Waals surface area (Å²) in [5.74, 6) is -4.05. The predicted octanol–water partition coefficient (Wildman–Crippen LogP) is 2.80. The summed E-state index contributed by atoms with van der Waals surface area (Å²) in [4.78, 5) is -0.399. The highest BCUT2D eigenvalue weighted by Crippen LogP contribution is 2.34. The zero-order chi connectivity index (χ0) is 14.8. The lowest BCUT2D eigenvalue weighted by atomic mass is 9.84. The quantitative estimate of drug-likeness (QED) is 0.908. The van der Waals surface area contributed by atoms with Crippen LogP contribution >= 0.6 is 0 Å². The summed E-state index contributed by atoms with van der Waals surface area (Å²) in [5, 5.41) is 9.78. The number of benzene rings is 1. The third-order valence-corrected chi connectivity index (χ3v) is 4.51. The molecule has 0 fully saturated rings. The Morgan fingerprint density at radius 1 is 1.11 bits per heavy atom. The molecule has 2 unspecified atom stereocenters. The maximum absolute atomic E-state index is 12.7. The maximum atomic E-state index is 12.7. The number of aliphatic hydroxyl groups excluding tert-OH is 1. The van der Waals surface area contributed by atoms with Gasteiger partial charge in [-0.15, -0.1) is 0 Å². The zero-order valence-electron chi connectivity index (χ0n) is 11.0. The highest BCUT2D eigenvalue weighted by Gasteiger charge is 2.33. The van der Waals surface area contributed by atoms with Crippen molar-refractivity contribution in [3.05, 3.63) is 29.8 Å². The van der Waals surface area contributed by atoms with Crippen molar-refractivity contribution < 1.29 is 22.3 Å². The molecule has 108 valence electrons. The first-order valence-corrected chi connectivity index (χ1v) is 7.53. The normalized spacial score (nSPS) is 15.8. The van der Waals surface area contributed by atoms with E-state index in [0.29, 0.717) is 0 Å². The van der Waals surface area contributed by atoms with Gasteiger partial charge in [-0.2, -0.15) is 8.78 Å². The molecule has 0 aliphatic carbocycles. The van der Waals surface area contributed by atoms with Gasteiger partial charge in [0.1, 0.15) is 0 Å². The van der Waals surface area contributed by atoms with Crippen molar-refractivity contribution in [3.8, 4) is 0 Å². The third-order valence-electron chi connectivity index (χ3n) is 3.06. The first kappa shape index (κ1) is 16.0. The SMILES string of the molecule is CC(C)C(c1ccccc1S(=O)(=O)C(F)F)C(C)O. The fourth-order valence-electron chi connectivity index (χ4n) is 2.29. The summed E-state index contributed by atoms with van der Waals surface area (Å²) < 4.78 is 48.7. The van der Waals surface area contributed by atoms with Gasteiger partial charge in [0.05, 0.1) is 11.0 Å². The molecule has 0 radical (unpaired) electrons. The Kier molecular flexibility index (Phi) is 5.04. The van der Waals surface area contributed by atoms with E-state index in [-0.39, 0.29) is 11.5 Å². The molecular weight excluding hydrogens is 274 g/mol. The Bertz CT molecular complexity index is 516. The number of alkyl halides is 2. The number of halogens is 2. The second kappa shape index (κ2) is 5.96. The van der Waals surface area contributed by atoms with E-state index in [2.05, 4.69) is 0 Å². The van der Waals surface area contributed by atoms with Crippen LogP contribution in [-0.2, 0) is 9.84 Å². The van der Waals surface area contributed by atoms with E-state index in [1.54, 1.807) is 6.07 Å². The molecule has 0 aromatic heterocycles. The van der Waals surface area contributed by atoms with Crippen molar-refractivity contribution in [3.63, 3.8) is 0 Å². The minimum Gasteiger partial charge on any atom is -0.393 e. The summed E-state index contributed by atoms with van der Waals surface area (Å²) in [6, 6.07) is 5.62. The summed E-state index contributed by atoms with van der Waals surface area (Å²) in [7, 11) is -4.66. The summed E-state index contributed by atoms with van der Waals surface area (Å²) in [6.45, 7) is 5.14. The molecule has 2 atom stereocenters. The lowest BCUT2D eigenvalue weighted by Gasteiger charge is -2.26. The number of hydrogen-bond donors (Lipinski definition) is 1. The second-order valence-electron chi connectivity index (χ2n) is 4.85. The number of rotatable bonds is 5. The van der Waals surface area contributed by atoms with Crippen LogP contribution in [0.15, 0.2) is 29.2 Å². The molecular formula is C13H18F2O3S. The van der Waals surface area contributed by atoms with Gasteiger partial charge in [0.25, 0.3) is 0 Å². The van der Waals surface area contributed by atoms with Crippen LogP contribution in [0, 0.1) is 5.92 Å². The Morgan fingerprint density at radius 2 is 1.63 bits per heavy atom. The van der Waals surface area contributed by atoms with Gasteiger partial charge in [0.2, 0.25) is 9.84 Å². The van der Waals surface area contributed by atoms with Crippen molar-refractivity contribution in [2.45, 2.75) is 43.4 Å². The van der Waals surface area contributed by atoms with Crippen LogP contribution < -0.4 is 0 Å². The van der Waals surface area contributed by atoms with Crippen molar-refractivity contribution in [2.24, 2.45) is 5.92 Å². The van der Waals surface area contributed by atoms with Crippen LogP contribution in [0.2, 0.25) is 0 Å². The molecule has 0 aliphatic rings. The smallest absolute Gasteiger partial charge is 0.341 e. The summed E-state index contributed by atoms with van der Waals surface area (Å²) >= 11 is 0. The van der Waals surface area contributed by atoms with Gasteiger partial charge in [0.15, 0.2) is 0 Å². The standard InChI is InChI=1S/C13H18F2O3S/c1-8(2)12(9(3)16)10-6-4-5-7-11(10)19(17,18)13(14)15/h4-9,12-13,16H,1-3H3. The van der Waals surface area contributed by atoms with E-state index in [9.17, 15) is 22.3 Å². The van der Waals surface area contributed by atoms with Crippen LogP contribution in [0.1, 0.15) is 32.3 Å². The van der Waals surface area contributed by atoms with Gasteiger partial charge in [-0.05, 0) is 24.5 Å². The molecule has 0 saturated heterocycles. The van der Waals surface area contributed by atoms with Gasteiger partial charge in [-0.25, -0.2) is 8.42 Å². The van der Waals surface area contributed by atoms with Crippen LogP contribution in [-0.4, -0.2) is 25.4 Å². The predicted molar refractivity (Wildman–Crippen MR) is 68.9 cm³/mol. The second-order valence-corrected chi connectivity index (χ2v) is 6.74. The molecule has 3 nitrogen and oxygen atoms in total. The highest BCUT2D eigenvalue weighted by atomic mass is 32.2. The third kappa shape index (κ3) is 3.30. The van der Waals surface area contributed by atoms with Crippen molar-refractivity contribution in [1.82, 2.24) is 0 Å². The lowest BCUT2D eigenvalue weighted by molar-refractivity contribution is 0.138. The average molecular weight is 292 g/mol. The average Bonchev–Trinajstić information content (AvgIpc) is 2.28. The van der Waals surface area contributed by atoms with E-state index in [1.165, 1.54) is 19.1 Å². The van der Waals surface area contributed by atoms with Crippen LogP contribution in [0.3, 0.4) is 0 Å². The van der Waals surface area contributed by atoms with E-state index in [1.807, 2.05) is 13.8 Å². The van der Waals surface area contributed by atoms with Gasteiger partial charge in [0, 0.05) is 5.92 Å². The zero-order valence-corrected chi connectivity index (χ0v) is 11.9. The van der Waals surface area contributed by atoms with Crippen LogP contribution in [0.25, 0.3) is 0 Å². The molecule has 0 spiro atoms. The van der Waals surface area contributed by atoms with Gasteiger partial charge in [-0.3, -0.25) is 0 Å². The van der Waals surface area contributed by atoms with Gasteiger partial charge in [-0.1, -0.05) is 32.0 Å². The van der Waals surface area contributed by atoms with Gasteiger partial charge < -0.3 is 5.11 Å². The summed E-state index contributed by atoms with van der Waals surface area (Å²) in [6.07, 6.45) is -0.825. The van der Waals surface area contributed by atoms with E-state index in [4.69, 9.17) is 0 Å². The Hall–Kier alpha value is -1.01. The number of aliphatic hydroxyl groups is 1. The van der Waals surface area contributed by atoms with Crippen LogP contribution in [0.5, 0.6) is 0 Å². The van der Waals surface area contributed by atoms with E-state index < -0.39 is 32.5 Å². The highest BCUT2D eigenvalue weighted by molar-refractivity contribution is 7.91. The molecule has 19 heavy (non-hydrogen) atoms. The molecule has 1 aromatic carbocycles. The minimum atomic E-state index is -4.66. The number of sulfone groups is 1. The monoisotopic (exact) mass is 292 g/mol. The van der Waals surface area contributed by atoms with E-state index in [0.717, 1.165) is 6.07 Å². The molecule has 1 N–H and O–H groups in total. The van der Waals surface area contributed by atoms with Crippen molar-refractivity contribution >= 4 is 9.84 Å². The number of hydrogen-bond acceptors (Lipinski definition) is 3. The molecule has 0 amide bonds. The molecule has 0 heterocycles. The minimum absolute atomic E-state index is 0.0750. The Balaban J connectivity index is 3.46. The van der Waals surface area contributed by atoms with Gasteiger partial charge >= 0.3 is 5.76 Å². The fraction of sp³-hybridized carbons (Fsp3) is 0.538. The largest absolute Gasteiger partial charge is 0.393 e. The van der Waals surface area contributed by atoms with Crippen molar-refractivity contribution in [2.75, 3.05) is 0 Å². The lowest BCUT2D eigenvalue weighted by Crippen LogP contribution is -2.23. The molecule has 1 aromatic rings. The first-order chi connectivity index (χ1) is 8.69. The fourth-order valence-corrected chi connectivity index (χ4v) is 3.28. The Morgan fingerprint density at radius 3 is 2.05 bits per heavy atom. The van der Waals surface area contributed by atoms with E-state index >= 15 is 0 Å². The molecule has 1 rings (SSSR count). The molecule has 0 saturated carbocycles. The Labute approximate surface area is 112 Å². The molecule has 0 bridgehead atoms. The first-order valence-electron chi connectivity index (χ1n) is 5.98. The summed E-state index contributed by atoms with van der Waals surface area (Å²) in [5.41, 5.74) is 0.243. The molecule has 0 aliphatic heterocycles. The molecule has 6 heteroatoms.